The largest absolute Gasteiger partial charge is 0.574 e. The van der Waals surface area contributed by atoms with E-state index in [1.54, 1.807) is 0 Å². The minimum Gasteiger partial charge on any atom is -0.389 e. The van der Waals surface area contributed by atoms with Crippen LogP contribution < -0.4 is 10.5 Å². The maximum absolute atomic E-state index is 12.2. The second-order valence-corrected chi connectivity index (χ2v) is 3.50. The molecule has 2 N–H and O–H groups in total. The van der Waals surface area contributed by atoms with E-state index in [4.69, 9.17) is 5.73 Å². The summed E-state index contributed by atoms with van der Waals surface area (Å²) < 4.78 is 40.1. The lowest BCUT2D eigenvalue weighted by Crippen LogP contribution is -2.19. The first-order valence-corrected chi connectivity index (χ1v) is 4.88. The second kappa shape index (κ2) is 4.26. The third kappa shape index (κ3) is 2.49. The maximum Gasteiger partial charge on any atom is 0.574 e. The average Bonchev–Trinajstić information content (AvgIpc) is 2.27. The number of benzene rings is 1. The van der Waals surface area contributed by atoms with E-state index in [2.05, 4.69) is 9.72 Å². The Morgan fingerprint density at radius 1 is 1.32 bits per heavy atom. The molecule has 9 heteroatoms. The van der Waals surface area contributed by atoms with Crippen LogP contribution in [0.1, 0.15) is 0 Å². The molecule has 0 bridgehead atoms. The molecule has 2 rings (SSSR count). The number of anilines is 1. The summed E-state index contributed by atoms with van der Waals surface area (Å²) >= 11 is 0. The number of nitrogen functional groups attached to an aromatic ring is 1. The lowest BCUT2D eigenvalue weighted by molar-refractivity contribution is -0.382. The molecule has 0 spiro atoms. The highest BCUT2D eigenvalue weighted by atomic mass is 19.4. The Morgan fingerprint density at radius 3 is 2.53 bits per heavy atom. The number of hydrogen-bond acceptors (Lipinski definition) is 5. The van der Waals surface area contributed by atoms with E-state index in [9.17, 15) is 23.3 Å². The molecule has 1 heterocycles. The molecule has 0 radical (unpaired) electrons. The van der Waals surface area contributed by atoms with E-state index in [1.807, 2.05) is 0 Å². The number of para-hydroxylation sites is 1. The van der Waals surface area contributed by atoms with E-state index in [1.165, 1.54) is 24.3 Å². The smallest absolute Gasteiger partial charge is 0.389 e. The molecule has 2 aromatic rings. The van der Waals surface area contributed by atoms with E-state index in [0.717, 1.165) is 0 Å². The number of rotatable bonds is 2. The van der Waals surface area contributed by atoms with Crippen molar-refractivity contribution in [1.29, 1.82) is 0 Å². The predicted octanol–water partition coefficient (Wildman–Crippen LogP) is 2.62. The van der Waals surface area contributed by atoms with Crippen LogP contribution in [0.3, 0.4) is 0 Å². The normalized spacial score (nSPS) is 11.5. The fraction of sp³-hybridized carbons (Fsp3) is 0.100. The van der Waals surface area contributed by atoms with Crippen molar-refractivity contribution in [1.82, 2.24) is 4.98 Å². The third-order valence-corrected chi connectivity index (χ3v) is 2.26. The molecule has 6 nitrogen and oxygen atoms in total. The monoisotopic (exact) mass is 273 g/mol. The van der Waals surface area contributed by atoms with Gasteiger partial charge in [-0.05, 0) is 12.1 Å². The first-order valence-electron chi connectivity index (χ1n) is 4.88. The SMILES string of the molecule is Nc1c(OC(F)(F)F)nc2ccccc2c1[N+](=O)[O-]. The number of fused-ring (bicyclic) bond motifs is 1. The molecule has 1 aromatic heterocycles. The number of pyridine rings is 1. The quantitative estimate of drug-likeness (QED) is 0.670. The Balaban J connectivity index is 2.74. The van der Waals surface area contributed by atoms with Crippen LogP contribution in [0.25, 0.3) is 10.9 Å². The maximum atomic E-state index is 12.2. The molecule has 0 atom stereocenters. The minimum absolute atomic E-state index is 0.0114. The molecule has 0 aliphatic rings. The Hall–Kier alpha value is -2.58. The second-order valence-electron chi connectivity index (χ2n) is 3.50. The highest BCUT2D eigenvalue weighted by Crippen LogP contribution is 2.38. The van der Waals surface area contributed by atoms with Crippen molar-refractivity contribution in [2.24, 2.45) is 0 Å². The van der Waals surface area contributed by atoms with Gasteiger partial charge in [0.25, 0.3) is 5.88 Å². The van der Waals surface area contributed by atoms with Gasteiger partial charge in [-0.1, -0.05) is 12.1 Å². The van der Waals surface area contributed by atoms with Crippen LogP contribution in [0.4, 0.5) is 24.5 Å². The predicted molar refractivity (Wildman–Crippen MR) is 59.5 cm³/mol. The van der Waals surface area contributed by atoms with Crippen LogP contribution >= 0.6 is 0 Å². The summed E-state index contributed by atoms with van der Waals surface area (Å²) in [6.07, 6.45) is -5.03. The molecule has 100 valence electrons. The first-order chi connectivity index (χ1) is 8.79. The van der Waals surface area contributed by atoms with Gasteiger partial charge in [0.1, 0.15) is 0 Å². The number of aromatic nitrogens is 1. The summed E-state index contributed by atoms with van der Waals surface area (Å²) in [5.41, 5.74) is 3.89. The molecule has 1 aromatic carbocycles. The zero-order valence-electron chi connectivity index (χ0n) is 9.14. The van der Waals surface area contributed by atoms with Gasteiger partial charge in [0.2, 0.25) is 0 Å². The van der Waals surface area contributed by atoms with Gasteiger partial charge in [0.15, 0.2) is 5.69 Å². The summed E-state index contributed by atoms with van der Waals surface area (Å²) in [6.45, 7) is 0. The molecule has 0 aliphatic heterocycles. The molecule has 0 saturated carbocycles. The summed E-state index contributed by atoms with van der Waals surface area (Å²) in [7, 11) is 0. The van der Waals surface area contributed by atoms with Crippen molar-refractivity contribution < 1.29 is 22.8 Å². The van der Waals surface area contributed by atoms with Crippen molar-refractivity contribution in [2.75, 3.05) is 5.73 Å². The van der Waals surface area contributed by atoms with Crippen molar-refractivity contribution in [3.05, 3.63) is 34.4 Å². The van der Waals surface area contributed by atoms with Gasteiger partial charge in [-0.3, -0.25) is 10.1 Å². The summed E-state index contributed by atoms with van der Waals surface area (Å²) in [4.78, 5) is 13.6. The summed E-state index contributed by atoms with van der Waals surface area (Å²) in [5.74, 6) is -1.03. The van der Waals surface area contributed by atoms with E-state index in [0.29, 0.717) is 0 Å². The minimum atomic E-state index is -5.03. The first kappa shape index (κ1) is 12.9. The number of ether oxygens (including phenoxy) is 1. The molecule has 19 heavy (non-hydrogen) atoms. The fourth-order valence-electron chi connectivity index (χ4n) is 1.57. The topological polar surface area (TPSA) is 91.3 Å². The van der Waals surface area contributed by atoms with Crippen molar-refractivity contribution in [3.63, 3.8) is 0 Å². The summed E-state index contributed by atoms with van der Waals surface area (Å²) in [6, 6.07) is 5.63. The lowest BCUT2D eigenvalue weighted by Gasteiger charge is -2.11. The summed E-state index contributed by atoms with van der Waals surface area (Å²) in [5, 5.41) is 11.0. The van der Waals surface area contributed by atoms with E-state index >= 15 is 0 Å². The number of nitrogens with two attached hydrogens (primary N) is 1. The Morgan fingerprint density at radius 2 is 1.95 bits per heavy atom. The molecular formula is C10H6F3N3O3. The zero-order chi connectivity index (χ0) is 14.2. The number of nitro groups is 1. The highest BCUT2D eigenvalue weighted by molar-refractivity contribution is 5.95. The molecule has 0 fully saturated rings. The molecular weight excluding hydrogens is 267 g/mol. The van der Waals surface area contributed by atoms with Crippen LogP contribution in [-0.4, -0.2) is 16.3 Å². The number of alkyl halides is 3. The number of nitrogens with zero attached hydrogens (tertiary/aromatic N) is 2. The molecule has 0 unspecified atom stereocenters. The van der Waals surface area contributed by atoms with Crippen molar-refractivity contribution in [3.8, 4) is 5.88 Å². The Labute approximate surface area is 103 Å². The Kier molecular flexibility index (Phi) is 2.89. The van der Waals surface area contributed by atoms with Crippen molar-refractivity contribution >= 4 is 22.3 Å². The molecule has 0 saturated heterocycles. The van der Waals surface area contributed by atoms with Crippen molar-refractivity contribution in [2.45, 2.75) is 6.36 Å². The standard InChI is InChI=1S/C10H6F3N3O3/c11-10(12,13)19-9-7(14)8(16(17)18)5-3-1-2-4-6(5)15-9/h1-4H,14H2. The highest BCUT2D eigenvalue weighted by Gasteiger charge is 2.35. The van der Waals surface area contributed by atoms with Crippen LogP contribution in [0.15, 0.2) is 24.3 Å². The van der Waals surface area contributed by atoms with Gasteiger partial charge in [-0.25, -0.2) is 4.98 Å². The van der Waals surface area contributed by atoms with Gasteiger partial charge in [0.05, 0.1) is 15.8 Å². The zero-order valence-corrected chi connectivity index (χ0v) is 9.14. The van der Waals surface area contributed by atoms with Crippen LogP contribution in [0.5, 0.6) is 5.88 Å². The van der Waals surface area contributed by atoms with Gasteiger partial charge < -0.3 is 10.5 Å². The lowest BCUT2D eigenvalue weighted by atomic mass is 10.1. The van der Waals surface area contributed by atoms with Crippen LogP contribution in [0.2, 0.25) is 0 Å². The average molecular weight is 273 g/mol. The van der Waals surface area contributed by atoms with Crippen LogP contribution in [0, 0.1) is 10.1 Å². The Bertz CT molecular complexity index is 657. The number of hydrogen-bond donors (Lipinski definition) is 1. The number of halogens is 3. The molecule has 0 amide bonds. The van der Waals surface area contributed by atoms with E-state index in [-0.39, 0.29) is 10.9 Å². The fourth-order valence-corrected chi connectivity index (χ4v) is 1.57. The van der Waals surface area contributed by atoms with Gasteiger partial charge >= 0.3 is 12.0 Å². The van der Waals surface area contributed by atoms with Gasteiger partial charge in [-0.15, -0.1) is 13.2 Å². The third-order valence-electron chi connectivity index (χ3n) is 2.26. The van der Waals surface area contributed by atoms with Gasteiger partial charge in [0, 0.05) is 0 Å². The molecule has 0 aliphatic carbocycles. The van der Waals surface area contributed by atoms with E-state index < -0.39 is 28.5 Å². The van der Waals surface area contributed by atoms with Crippen LogP contribution in [-0.2, 0) is 0 Å². The van der Waals surface area contributed by atoms with Gasteiger partial charge in [-0.2, -0.15) is 0 Å².